The molecule has 0 spiro atoms. The Morgan fingerprint density at radius 3 is 2.62 bits per heavy atom. The second-order valence-electron chi connectivity index (χ2n) is 6.15. The minimum absolute atomic E-state index is 0.0637. The van der Waals surface area contributed by atoms with E-state index in [9.17, 15) is 27.2 Å². The maximum absolute atomic E-state index is 12.8. The van der Waals surface area contributed by atoms with Gasteiger partial charge in [-0.3, -0.25) is 9.59 Å². The van der Waals surface area contributed by atoms with Crippen LogP contribution in [-0.4, -0.2) is 58.4 Å². The zero-order chi connectivity index (χ0) is 19.5. The highest BCUT2D eigenvalue weighted by Crippen LogP contribution is 2.25. The van der Waals surface area contributed by atoms with Crippen molar-refractivity contribution in [2.24, 2.45) is 5.92 Å². The predicted molar refractivity (Wildman–Crippen MR) is 81.5 cm³/mol. The molecule has 2 unspecified atom stereocenters. The van der Waals surface area contributed by atoms with Gasteiger partial charge in [0.15, 0.2) is 6.61 Å². The monoisotopic (exact) mass is 378 g/mol. The summed E-state index contributed by atoms with van der Waals surface area (Å²) < 4.78 is 54.3. The lowest BCUT2D eigenvalue weighted by Gasteiger charge is -2.36. The molecule has 0 saturated carbocycles. The summed E-state index contributed by atoms with van der Waals surface area (Å²) in [6.45, 7) is 0.329. The number of ether oxygens (including phenoxy) is 1. The third-order valence-corrected chi connectivity index (χ3v) is 4.21. The Hall–Kier alpha value is -2.39. The Bertz CT molecular complexity index is 654. The molecule has 144 valence electrons. The summed E-state index contributed by atoms with van der Waals surface area (Å²) in [5, 5.41) is 9.11. The van der Waals surface area contributed by atoms with Crippen LogP contribution in [-0.2, 0) is 4.79 Å². The highest BCUT2D eigenvalue weighted by atomic mass is 19.3. The van der Waals surface area contributed by atoms with Crippen molar-refractivity contribution >= 4 is 11.9 Å². The van der Waals surface area contributed by atoms with Gasteiger partial charge in [0.25, 0.3) is 5.91 Å². The molecule has 0 aromatic carbocycles. The topological polar surface area (TPSA) is 79.7 Å². The largest absolute Gasteiger partial charge is 0.481 e. The summed E-state index contributed by atoms with van der Waals surface area (Å²) in [7, 11) is 0. The van der Waals surface area contributed by atoms with Crippen molar-refractivity contribution in [3.05, 3.63) is 23.9 Å². The van der Waals surface area contributed by atoms with Crippen LogP contribution in [0.15, 0.2) is 18.3 Å². The van der Waals surface area contributed by atoms with Gasteiger partial charge in [0, 0.05) is 24.8 Å². The van der Waals surface area contributed by atoms with E-state index in [0.29, 0.717) is 12.8 Å². The van der Waals surface area contributed by atoms with Gasteiger partial charge in [0.1, 0.15) is 0 Å². The van der Waals surface area contributed by atoms with Crippen molar-refractivity contribution in [2.45, 2.75) is 38.2 Å². The zero-order valence-corrected chi connectivity index (χ0v) is 13.9. The summed E-state index contributed by atoms with van der Waals surface area (Å²) >= 11 is 0. The lowest BCUT2D eigenvalue weighted by atomic mass is 9.93. The van der Waals surface area contributed by atoms with Crippen molar-refractivity contribution < 1.29 is 37.0 Å². The number of rotatable bonds is 6. The van der Waals surface area contributed by atoms with Crippen molar-refractivity contribution in [1.29, 1.82) is 0 Å². The number of likely N-dealkylation sites (tertiary alicyclic amines) is 1. The Labute approximate surface area is 146 Å². The van der Waals surface area contributed by atoms with Crippen LogP contribution in [0.25, 0.3) is 0 Å². The molecule has 2 rings (SSSR count). The molecule has 2 atom stereocenters. The Morgan fingerprint density at radius 1 is 1.38 bits per heavy atom. The van der Waals surface area contributed by atoms with E-state index >= 15 is 0 Å². The average Bonchev–Trinajstić information content (AvgIpc) is 2.60. The summed E-state index contributed by atoms with van der Waals surface area (Å²) in [4.78, 5) is 28.8. The second-order valence-corrected chi connectivity index (χ2v) is 6.15. The molecule has 6 nitrogen and oxygen atoms in total. The highest BCUT2D eigenvalue weighted by molar-refractivity contribution is 5.94. The molecule has 0 radical (unpaired) electrons. The molecule has 0 bridgehead atoms. The van der Waals surface area contributed by atoms with Gasteiger partial charge in [-0.1, -0.05) is 0 Å². The molecule has 10 heteroatoms. The summed E-state index contributed by atoms with van der Waals surface area (Å²) in [5.74, 6) is -6.69. The maximum Gasteiger partial charge on any atom is 0.340 e. The fourth-order valence-electron chi connectivity index (χ4n) is 2.58. The van der Waals surface area contributed by atoms with Gasteiger partial charge >= 0.3 is 18.3 Å². The normalized spacial score (nSPS) is 20.9. The van der Waals surface area contributed by atoms with Gasteiger partial charge in [-0.05, 0) is 25.8 Å². The van der Waals surface area contributed by atoms with E-state index in [1.165, 1.54) is 11.0 Å². The highest BCUT2D eigenvalue weighted by Gasteiger charge is 2.42. The molecule has 1 fully saturated rings. The third-order valence-electron chi connectivity index (χ3n) is 4.21. The van der Waals surface area contributed by atoms with Crippen LogP contribution >= 0.6 is 0 Å². The molecule has 0 aliphatic carbocycles. The van der Waals surface area contributed by atoms with Crippen LogP contribution < -0.4 is 4.74 Å². The number of nitrogens with zero attached hydrogens (tertiary/aromatic N) is 2. The van der Waals surface area contributed by atoms with E-state index in [1.807, 2.05) is 0 Å². The first-order valence-corrected chi connectivity index (χ1v) is 7.90. The number of aliphatic carboxylic acids is 1. The summed E-state index contributed by atoms with van der Waals surface area (Å²) in [5.41, 5.74) is 0.121. The third kappa shape index (κ3) is 4.61. The molecule has 1 amide bonds. The number of pyridine rings is 1. The molecular weight excluding hydrogens is 360 g/mol. The fraction of sp³-hybridized carbons (Fsp3) is 0.562. The Morgan fingerprint density at radius 2 is 2.08 bits per heavy atom. The average molecular weight is 378 g/mol. The van der Waals surface area contributed by atoms with Gasteiger partial charge in [0.2, 0.25) is 5.88 Å². The van der Waals surface area contributed by atoms with Crippen LogP contribution in [0, 0.1) is 5.92 Å². The van der Waals surface area contributed by atoms with Gasteiger partial charge in [-0.25, -0.2) is 13.8 Å². The number of carbonyl (C=O) groups excluding carboxylic acids is 1. The lowest BCUT2D eigenvalue weighted by Crippen LogP contribution is -2.47. The summed E-state index contributed by atoms with van der Waals surface area (Å²) in [6.07, 6.45) is -1.76. The van der Waals surface area contributed by atoms with E-state index in [4.69, 9.17) is 5.11 Å². The summed E-state index contributed by atoms with van der Waals surface area (Å²) in [6, 6.07) is 2.24. The molecule has 1 aliphatic heterocycles. The van der Waals surface area contributed by atoms with Gasteiger partial charge in [0.05, 0.1) is 11.5 Å². The number of carboxylic acid groups (broad SMARTS) is 1. The maximum atomic E-state index is 12.8. The van der Waals surface area contributed by atoms with Crippen LogP contribution in [0.5, 0.6) is 5.88 Å². The number of carboxylic acids is 1. The first-order valence-electron chi connectivity index (χ1n) is 7.90. The van der Waals surface area contributed by atoms with Crippen molar-refractivity contribution in [2.75, 3.05) is 13.2 Å². The predicted octanol–water partition coefficient (Wildman–Crippen LogP) is 2.69. The van der Waals surface area contributed by atoms with E-state index in [-0.39, 0.29) is 24.0 Å². The molecular formula is C16H18F4N2O4. The lowest BCUT2D eigenvalue weighted by molar-refractivity contribution is -0.148. The second kappa shape index (κ2) is 7.88. The number of piperidine rings is 1. The molecule has 1 aromatic rings. The molecule has 1 N–H and O–H groups in total. The van der Waals surface area contributed by atoms with Crippen molar-refractivity contribution in [3.63, 3.8) is 0 Å². The van der Waals surface area contributed by atoms with Gasteiger partial charge < -0.3 is 14.7 Å². The molecule has 2 heterocycles. The number of alkyl halides is 4. The Balaban J connectivity index is 2.03. The zero-order valence-electron chi connectivity index (χ0n) is 13.9. The first kappa shape index (κ1) is 19.9. The molecule has 1 aromatic heterocycles. The minimum Gasteiger partial charge on any atom is -0.481 e. The van der Waals surface area contributed by atoms with E-state index < -0.39 is 36.7 Å². The van der Waals surface area contributed by atoms with E-state index in [2.05, 4.69) is 9.72 Å². The first-order chi connectivity index (χ1) is 12.1. The number of amides is 1. The Kier molecular flexibility index (Phi) is 6.04. The van der Waals surface area contributed by atoms with Gasteiger partial charge in [-0.2, -0.15) is 8.78 Å². The molecule has 1 aliphatic rings. The smallest absolute Gasteiger partial charge is 0.340 e. The number of hydrogen-bond acceptors (Lipinski definition) is 4. The van der Waals surface area contributed by atoms with Crippen LogP contribution in [0.3, 0.4) is 0 Å². The number of hydrogen-bond donors (Lipinski definition) is 1. The molecule has 1 saturated heterocycles. The number of aromatic nitrogens is 1. The number of carbonyl (C=O) groups is 2. The van der Waals surface area contributed by atoms with E-state index in [1.54, 1.807) is 6.92 Å². The van der Waals surface area contributed by atoms with Crippen LogP contribution in [0.4, 0.5) is 17.6 Å². The fourth-order valence-corrected chi connectivity index (χ4v) is 2.58. The van der Waals surface area contributed by atoms with Crippen LogP contribution in [0.1, 0.15) is 30.1 Å². The minimum atomic E-state index is -4.30. The van der Waals surface area contributed by atoms with Crippen molar-refractivity contribution in [1.82, 2.24) is 9.88 Å². The van der Waals surface area contributed by atoms with Gasteiger partial charge in [-0.15, -0.1) is 0 Å². The standard InChI is InChI=1S/C16H18F4N2O4/c1-9-2-3-11(14(24)25)7-22(9)13(23)10-4-5-12(21-6-10)26-8-16(19,20)15(17)18/h4-6,9,11,15H,2-3,7-8H2,1H3,(H,24,25). The number of halogens is 4. The van der Waals surface area contributed by atoms with Crippen molar-refractivity contribution in [3.8, 4) is 5.88 Å². The van der Waals surface area contributed by atoms with E-state index in [0.717, 1.165) is 12.3 Å². The molecule has 26 heavy (non-hydrogen) atoms. The quantitative estimate of drug-likeness (QED) is 0.770. The SMILES string of the molecule is CC1CCC(C(=O)O)CN1C(=O)c1ccc(OCC(F)(F)C(F)F)nc1. The van der Waals surface area contributed by atoms with Crippen LogP contribution in [0.2, 0.25) is 0 Å².